The molecule has 11 heteroatoms. The molecule has 3 aromatic rings. The number of hydrogen-bond donors (Lipinski definition) is 4. The fraction of sp³-hybridized carbons (Fsp3) is 0.296. The molecule has 1 heterocycles. The number of esters is 2. The molecule has 0 saturated heterocycles. The molecule has 0 spiro atoms. The average molecular weight is 524 g/mol. The number of carbonyl (C=O) groups is 4. The van der Waals surface area contributed by atoms with E-state index in [0.29, 0.717) is 0 Å². The van der Waals surface area contributed by atoms with Crippen LogP contribution in [-0.2, 0) is 25.5 Å². The predicted molar refractivity (Wildman–Crippen MR) is 135 cm³/mol. The molecule has 3 atom stereocenters. The summed E-state index contributed by atoms with van der Waals surface area (Å²) < 4.78 is 9.64. The monoisotopic (exact) mass is 523 g/mol. The van der Waals surface area contributed by atoms with Crippen molar-refractivity contribution < 1.29 is 38.9 Å². The lowest BCUT2D eigenvalue weighted by molar-refractivity contribution is -0.166. The molecule has 0 aliphatic heterocycles. The molecule has 5 N–H and O–H groups in total. The summed E-state index contributed by atoms with van der Waals surface area (Å²) in [6, 6.07) is 12.2. The Morgan fingerprint density at radius 3 is 1.63 bits per heavy atom. The number of ether oxygens (including phenoxy) is 2. The summed E-state index contributed by atoms with van der Waals surface area (Å²) in [7, 11) is 0. The lowest BCUT2D eigenvalue weighted by Gasteiger charge is -2.21. The normalized spacial score (nSPS) is 15.3. The van der Waals surface area contributed by atoms with Crippen LogP contribution >= 0.6 is 0 Å². The van der Waals surface area contributed by atoms with Gasteiger partial charge in [0.05, 0.1) is 16.8 Å². The lowest BCUT2D eigenvalue weighted by Crippen LogP contribution is -2.45. The van der Waals surface area contributed by atoms with E-state index in [1.807, 2.05) is 6.92 Å². The van der Waals surface area contributed by atoms with Crippen LogP contribution in [0.3, 0.4) is 0 Å². The number of aromatic nitrogens is 2. The molecular weight excluding hydrogens is 494 g/mol. The summed E-state index contributed by atoms with van der Waals surface area (Å²) in [6.07, 6.45) is -2.28. The van der Waals surface area contributed by atoms with Crippen molar-refractivity contribution in [1.29, 1.82) is 0 Å². The quantitative estimate of drug-likeness (QED) is 0.336. The van der Waals surface area contributed by atoms with Crippen LogP contribution in [-0.4, -0.2) is 56.5 Å². The smallest absolute Gasteiger partial charge is 0.349 e. The standard InChI is InChI=1S/C20H18O8.C7H11N3/c1-11-3-7-13(8-4-11)19(25)27-15(17(21)22)16(18(23)24)28-20(26)14-9-5-12(2)6-10-14;1-4-5-2-3-6(8)7(5)10-9-4/h3-10,15-16H,1-2H3,(H,21,22)(H,23,24);6H,2-3,8H2,1H3,(H,9,10)/t15-,16-;6-/m01/s1. The highest BCUT2D eigenvalue weighted by molar-refractivity contribution is 5.95. The van der Waals surface area contributed by atoms with E-state index in [9.17, 15) is 29.4 Å². The Kier molecular flexibility index (Phi) is 8.98. The van der Waals surface area contributed by atoms with E-state index < -0.39 is 36.1 Å². The summed E-state index contributed by atoms with van der Waals surface area (Å²) in [5, 5.41) is 25.7. The van der Waals surface area contributed by atoms with Crippen LogP contribution in [0.25, 0.3) is 0 Å². The Bertz CT molecular complexity index is 1240. The Balaban J connectivity index is 0.000000329. The second-order valence-electron chi connectivity index (χ2n) is 8.92. The first-order valence-corrected chi connectivity index (χ1v) is 11.8. The number of H-pyrrole nitrogens is 1. The Morgan fingerprint density at radius 1 is 0.842 bits per heavy atom. The second kappa shape index (κ2) is 12.2. The van der Waals surface area contributed by atoms with E-state index >= 15 is 0 Å². The molecule has 200 valence electrons. The molecule has 11 nitrogen and oxygen atoms in total. The second-order valence-corrected chi connectivity index (χ2v) is 8.92. The summed E-state index contributed by atoms with van der Waals surface area (Å²) in [6.45, 7) is 5.63. The maximum atomic E-state index is 12.2. The maximum Gasteiger partial charge on any atom is 0.349 e. The van der Waals surface area contributed by atoms with E-state index in [4.69, 9.17) is 15.2 Å². The molecule has 38 heavy (non-hydrogen) atoms. The molecule has 4 rings (SSSR count). The van der Waals surface area contributed by atoms with Crippen LogP contribution < -0.4 is 5.73 Å². The van der Waals surface area contributed by atoms with Crippen molar-refractivity contribution in [2.24, 2.45) is 5.73 Å². The van der Waals surface area contributed by atoms with Crippen molar-refractivity contribution in [3.05, 3.63) is 87.7 Å². The fourth-order valence-corrected chi connectivity index (χ4v) is 3.76. The van der Waals surface area contributed by atoms with Gasteiger partial charge in [0.2, 0.25) is 12.2 Å². The van der Waals surface area contributed by atoms with Gasteiger partial charge in [-0.15, -0.1) is 0 Å². The Morgan fingerprint density at radius 2 is 1.26 bits per heavy atom. The molecule has 1 aliphatic carbocycles. The van der Waals surface area contributed by atoms with Gasteiger partial charge < -0.3 is 25.4 Å². The average Bonchev–Trinajstić information content (AvgIpc) is 3.44. The number of nitrogens with zero attached hydrogens (tertiary/aromatic N) is 1. The Hall–Kier alpha value is -4.51. The van der Waals surface area contributed by atoms with Gasteiger partial charge in [-0.2, -0.15) is 5.10 Å². The number of carboxylic acid groups (broad SMARTS) is 2. The molecule has 1 aliphatic rings. The van der Waals surface area contributed by atoms with E-state index in [1.54, 1.807) is 38.1 Å². The highest BCUT2D eigenvalue weighted by atomic mass is 16.6. The lowest BCUT2D eigenvalue weighted by atomic mass is 10.1. The summed E-state index contributed by atoms with van der Waals surface area (Å²) >= 11 is 0. The van der Waals surface area contributed by atoms with E-state index in [1.165, 1.54) is 35.5 Å². The Labute approximate surface area is 218 Å². The molecule has 0 bridgehead atoms. The van der Waals surface area contributed by atoms with Crippen molar-refractivity contribution in [2.45, 2.75) is 51.9 Å². The zero-order valence-electron chi connectivity index (χ0n) is 21.1. The molecule has 0 radical (unpaired) electrons. The third kappa shape index (κ3) is 6.83. The number of carbonyl (C=O) groups excluding carboxylic acids is 2. The number of nitrogens with one attached hydrogen (secondary N) is 1. The minimum atomic E-state index is -2.22. The van der Waals surface area contributed by atoms with Crippen molar-refractivity contribution in [2.75, 3.05) is 0 Å². The molecule has 0 amide bonds. The van der Waals surface area contributed by atoms with Crippen LogP contribution in [0.15, 0.2) is 48.5 Å². The minimum Gasteiger partial charge on any atom is -0.478 e. The van der Waals surface area contributed by atoms with Gasteiger partial charge in [0.25, 0.3) is 0 Å². The number of nitrogens with two attached hydrogens (primary N) is 1. The van der Waals surface area contributed by atoms with Gasteiger partial charge >= 0.3 is 23.9 Å². The number of fused-ring (bicyclic) bond motifs is 1. The first kappa shape index (κ1) is 28.1. The zero-order valence-corrected chi connectivity index (χ0v) is 21.1. The van der Waals surface area contributed by atoms with Crippen LogP contribution in [0.4, 0.5) is 0 Å². The number of rotatable bonds is 7. The number of benzene rings is 2. The van der Waals surface area contributed by atoms with Crippen molar-refractivity contribution in [3.63, 3.8) is 0 Å². The van der Waals surface area contributed by atoms with Gasteiger partial charge in [-0.05, 0) is 63.4 Å². The van der Waals surface area contributed by atoms with Gasteiger partial charge in [0.15, 0.2) is 0 Å². The highest BCUT2D eigenvalue weighted by Crippen LogP contribution is 2.28. The van der Waals surface area contributed by atoms with E-state index in [2.05, 4.69) is 10.2 Å². The van der Waals surface area contributed by atoms with Crippen LogP contribution in [0, 0.1) is 20.8 Å². The molecule has 1 aromatic heterocycles. The van der Waals surface area contributed by atoms with E-state index in [0.717, 1.165) is 29.7 Å². The van der Waals surface area contributed by atoms with Crippen molar-refractivity contribution in [1.82, 2.24) is 10.2 Å². The van der Waals surface area contributed by atoms with Gasteiger partial charge in [-0.1, -0.05) is 35.4 Å². The molecular formula is C27H29N3O8. The number of aliphatic carboxylic acids is 2. The first-order valence-electron chi connectivity index (χ1n) is 11.8. The SMILES string of the molecule is Cc1[nH]nc2c1CC[C@H]2N.Cc1ccc(C(=O)O[C@H](C(=O)O)[C@H](OC(=O)c2ccc(C)cc2)C(=O)O)cc1. The van der Waals surface area contributed by atoms with Crippen molar-refractivity contribution >= 4 is 23.9 Å². The van der Waals surface area contributed by atoms with Gasteiger partial charge in [0, 0.05) is 11.7 Å². The van der Waals surface area contributed by atoms with Crippen LogP contribution in [0.2, 0.25) is 0 Å². The predicted octanol–water partition coefficient (Wildman–Crippen LogP) is 2.89. The molecule has 0 fully saturated rings. The zero-order chi connectivity index (χ0) is 28.0. The number of aryl methyl sites for hydroxylation is 3. The summed E-state index contributed by atoms with van der Waals surface area (Å²) in [5.74, 6) is -5.62. The molecule has 2 aromatic carbocycles. The van der Waals surface area contributed by atoms with Gasteiger partial charge in [-0.25, -0.2) is 19.2 Å². The number of hydrogen-bond acceptors (Lipinski definition) is 8. The van der Waals surface area contributed by atoms with Crippen molar-refractivity contribution in [3.8, 4) is 0 Å². The number of carboxylic acids is 2. The molecule has 0 saturated carbocycles. The maximum absolute atomic E-state index is 12.2. The first-order chi connectivity index (χ1) is 18.0. The summed E-state index contributed by atoms with van der Waals surface area (Å²) in [4.78, 5) is 47.3. The third-order valence-electron chi connectivity index (χ3n) is 5.97. The van der Waals surface area contributed by atoms with Gasteiger partial charge in [0.1, 0.15) is 0 Å². The molecule has 0 unspecified atom stereocenters. The largest absolute Gasteiger partial charge is 0.478 e. The fourth-order valence-electron chi connectivity index (χ4n) is 3.76. The van der Waals surface area contributed by atoms with E-state index in [-0.39, 0.29) is 17.2 Å². The van der Waals surface area contributed by atoms with Crippen LogP contribution in [0.1, 0.15) is 61.3 Å². The topological polar surface area (TPSA) is 182 Å². The third-order valence-corrected chi connectivity index (χ3v) is 5.97. The van der Waals surface area contributed by atoms with Crippen LogP contribution in [0.5, 0.6) is 0 Å². The number of aromatic amines is 1. The van der Waals surface area contributed by atoms with Gasteiger partial charge in [-0.3, -0.25) is 5.10 Å². The highest BCUT2D eigenvalue weighted by Gasteiger charge is 2.41. The summed E-state index contributed by atoms with van der Waals surface area (Å²) in [5.41, 5.74) is 11.2. The minimum absolute atomic E-state index is 0.0332.